The molecule has 15 heavy (non-hydrogen) atoms. The molecule has 1 rings (SSSR count). The Balaban J connectivity index is 2.51. The lowest BCUT2D eigenvalue weighted by Gasteiger charge is -2.28. The highest BCUT2D eigenvalue weighted by Crippen LogP contribution is 2.27. The van der Waals surface area contributed by atoms with E-state index in [9.17, 15) is 0 Å². The van der Waals surface area contributed by atoms with E-state index in [1.165, 1.54) is 50.6 Å². The number of hydrogen-bond donors (Lipinski definition) is 0. The second-order valence-corrected chi connectivity index (χ2v) is 9.51. The highest BCUT2D eigenvalue weighted by molar-refractivity contribution is 6.84. The van der Waals surface area contributed by atoms with Crippen LogP contribution in [0.2, 0.25) is 18.1 Å². The maximum atomic E-state index is 2.61. The molecule has 1 aliphatic rings. The lowest BCUT2D eigenvalue weighted by molar-refractivity contribution is 0.588. The minimum atomic E-state index is -1.04. The zero-order valence-electron chi connectivity index (χ0n) is 10.8. The lowest BCUT2D eigenvalue weighted by Crippen LogP contribution is -2.33. The molecule has 0 N–H and O–H groups in total. The van der Waals surface area contributed by atoms with E-state index in [0.29, 0.717) is 0 Å². The average Bonchev–Trinajstić information content (AvgIpc) is 2.99. The van der Waals surface area contributed by atoms with Gasteiger partial charge in [-0.15, -0.1) is 0 Å². The molecule has 0 aromatic carbocycles. The van der Waals surface area contributed by atoms with Crippen molar-refractivity contribution >= 4 is 8.07 Å². The first-order valence-electron chi connectivity index (χ1n) is 6.62. The predicted molar refractivity (Wildman–Crippen MR) is 72.0 cm³/mol. The van der Waals surface area contributed by atoms with E-state index in [4.69, 9.17) is 0 Å². The second kappa shape index (κ2) is 6.49. The van der Waals surface area contributed by atoms with Crippen LogP contribution in [0, 0.1) is 0 Å². The summed E-state index contributed by atoms with van der Waals surface area (Å²) in [5, 5.41) is 0. The Hall–Kier alpha value is -0.0831. The first kappa shape index (κ1) is 13.0. The van der Waals surface area contributed by atoms with Crippen LogP contribution < -0.4 is 0 Å². The lowest BCUT2D eigenvalue weighted by atomic mass is 10.6. The fourth-order valence-corrected chi connectivity index (χ4v) is 7.36. The van der Waals surface area contributed by atoms with Crippen LogP contribution in [0.1, 0.15) is 33.6 Å². The normalized spacial score (nSPS) is 17.5. The van der Waals surface area contributed by atoms with Crippen LogP contribution in [0.15, 0.2) is 11.8 Å². The SMILES string of the molecule is CC=C[Si](CCC)(CCC)CCN1CC1. The summed E-state index contributed by atoms with van der Waals surface area (Å²) in [6.07, 6.45) is 5.06. The molecule has 0 amide bonds. The Morgan fingerprint density at radius 1 is 1.07 bits per heavy atom. The van der Waals surface area contributed by atoms with Gasteiger partial charge in [-0.1, -0.05) is 50.6 Å². The Morgan fingerprint density at radius 3 is 2.07 bits per heavy atom. The summed E-state index contributed by atoms with van der Waals surface area (Å²) in [5.41, 5.74) is 2.61. The average molecular weight is 225 g/mol. The summed E-state index contributed by atoms with van der Waals surface area (Å²) in [6.45, 7) is 11.0. The van der Waals surface area contributed by atoms with Crippen LogP contribution >= 0.6 is 0 Å². The molecule has 1 saturated heterocycles. The molecule has 0 bridgehead atoms. The summed E-state index contributed by atoms with van der Waals surface area (Å²) in [6, 6.07) is 4.50. The minimum absolute atomic E-state index is 1.04. The van der Waals surface area contributed by atoms with Crippen molar-refractivity contribution in [2.75, 3.05) is 19.6 Å². The first-order valence-corrected chi connectivity index (χ1v) is 9.32. The van der Waals surface area contributed by atoms with Gasteiger partial charge in [-0.05, 0) is 19.5 Å². The van der Waals surface area contributed by atoms with Crippen LogP contribution in [0.4, 0.5) is 0 Å². The first-order chi connectivity index (χ1) is 7.26. The number of nitrogens with zero attached hydrogens (tertiary/aromatic N) is 1. The molecule has 1 aliphatic heterocycles. The monoisotopic (exact) mass is 225 g/mol. The van der Waals surface area contributed by atoms with Gasteiger partial charge in [-0.3, -0.25) is 0 Å². The molecular weight excluding hydrogens is 198 g/mol. The molecule has 0 aromatic heterocycles. The topological polar surface area (TPSA) is 3.01 Å². The van der Waals surface area contributed by atoms with E-state index in [2.05, 4.69) is 37.4 Å². The molecule has 0 atom stereocenters. The number of rotatable bonds is 8. The van der Waals surface area contributed by atoms with Crippen molar-refractivity contribution in [3.63, 3.8) is 0 Å². The second-order valence-electron chi connectivity index (χ2n) is 4.95. The highest BCUT2D eigenvalue weighted by atomic mass is 28.3. The minimum Gasteiger partial charge on any atom is -0.301 e. The molecular formula is C13H27NSi. The van der Waals surface area contributed by atoms with E-state index >= 15 is 0 Å². The summed E-state index contributed by atoms with van der Waals surface area (Å²) < 4.78 is 0. The summed E-state index contributed by atoms with van der Waals surface area (Å²) in [4.78, 5) is 2.58. The quantitative estimate of drug-likeness (QED) is 0.450. The summed E-state index contributed by atoms with van der Waals surface area (Å²) in [5.74, 6) is 0. The van der Waals surface area contributed by atoms with Gasteiger partial charge < -0.3 is 4.90 Å². The van der Waals surface area contributed by atoms with Crippen molar-refractivity contribution in [3.05, 3.63) is 11.8 Å². The summed E-state index contributed by atoms with van der Waals surface area (Å²) >= 11 is 0. The Morgan fingerprint density at radius 2 is 1.67 bits per heavy atom. The van der Waals surface area contributed by atoms with Crippen LogP contribution in [0.5, 0.6) is 0 Å². The van der Waals surface area contributed by atoms with E-state index in [-0.39, 0.29) is 0 Å². The third-order valence-electron chi connectivity index (χ3n) is 3.48. The van der Waals surface area contributed by atoms with Gasteiger partial charge in [0.25, 0.3) is 0 Å². The van der Waals surface area contributed by atoms with E-state index < -0.39 is 8.07 Å². The molecule has 0 aromatic rings. The molecule has 2 heteroatoms. The van der Waals surface area contributed by atoms with Crippen molar-refractivity contribution in [1.82, 2.24) is 4.90 Å². The highest BCUT2D eigenvalue weighted by Gasteiger charge is 2.29. The molecule has 1 fully saturated rings. The van der Waals surface area contributed by atoms with Crippen LogP contribution in [-0.2, 0) is 0 Å². The third kappa shape index (κ3) is 4.52. The molecule has 88 valence electrons. The van der Waals surface area contributed by atoms with Crippen LogP contribution in [0.25, 0.3) is 0 Å². The molecule has 0 unspecified atom stereocenters. The maximum Gasteiger partial charge on any atom is 0.0786 e. The van der Waals surface area contributed by atoms with Gasteiger partial charge in [0.15, 0.2) is 0 Å². The Labute approximate surface area is 96.6 Å². The van der Waals surface area contributed by atoms with Gasteiger partial charge in [0.1, 0.15) is 0 Å². The molecule has 1 nitrogen and oxygen atoms in total. The third-order valence-corrected chi connectivity index (χ3v) is 8.73. The molecule has 0 aliphatic carbocycles. The van der Waals surface area contributed by atoms with Gasteiger partial charge in [0, 0.05) is 13.1 Å². The smallest absolute Gasteiger partial charge is 0.0786 e. The van der Waals surface area contributed by atoms with Gasteiger partial charge in [-0.25, -0.2) is 0 Å². The fraction of sp³-hybridized carbons (Fsp3) is 0.846. The van der Waals surface area contributed by atoms with E-state index in [1.54, 1.807) is 0 Å². The van der Waals surface area contributed by atoms with Crippen molar-refractivity contribution < 1.29 is 0 Å². The molecule has 0 saturated carbocycles. The van der Waals surface area contributed by atoms with Crippen molar-refractivity contribution in [2.24, 2.45) is 0 Å². The van der Waals surface area contributed by atoms with E-state index in [1.807, 2.05) is 0 Å². The van der Waals surface area contributed by atoms with Crippen LogP contribution in [0.3, 0.4) is 0 Å². The van der Waals surface area contributed by atoms with Gasteiger partial charge in [0.2, 0.25) is 0 Å². The predicted octanol–water partition coefficient (Wildman–Crippen LogP) is 3.69. The van der Waals surface area contributed by atoms with E-state index in [0.717, 1.165) is 0 Å². The summed E-state index contributed by atoms with van der Waals surface area (Å²) in [7, 11) is -1.04. The zero-order valence-corrected chi connectivity index (χ0v) is 11.8. The van der Waals surface area contributed by atoms with Crippen LogP contribution in [-0.4, -0.2) is 32.6 Å². The zero-order chi connectivity index (χ0) is 11.1. The largest absolute Gasteiger partial charge is 0.301 e. The van der Waals surface area contributed by atoms with Gasteiger partial charge in [-0.2, -0.15) is 0 Å². The van der Waals surface area contributed by atoms with Crippen molar-refractivity contribution in [3.8, 4) is 0 Å². The van der Waals surface area contributed by atoms with Crippen molar-refractivity contribution in [1.29, 1.82) is 0 Å². The van der Waals surface area contributed by atoms with Crippen molar-refractivity contribution in [2.45, 2.75) is 51.7 Å². The van der Waals surface area contributed by atoms with Gasteiger partial charge >= 0.3 is 0 Å². The fourth-order valence-electron chi connectivity index (χ4n) is 2.65. The maximum absolute atomic E-state index is 2.61. The Bertz CT molecular complexity index is 191. The number of hydrogen-bond acceptors (Lipinski definition) is 1. The number of allylic oxidation sites excluding steroid dienone is 1. The van der Waals surface area contributed by atoms with Gasteiger partial charge in [0.05, 0.1) is 8.07 Å². The molecule has 0 radical (unpaired) electrons. The Kier molecular flexibility index (Phi) is 5.62. The molecule has 0 spiro atoms. The standard InChI is InChI=1S/C13H27NSi/c1-4-10-15(11-5-2,12-6-3)13-9-14-7-8-14/h4,10H,5-9,11-13H2,1-3H3. The molecule has 1 heterocycles.